The number of hydrogen-bond acceptors (Lipinski definition) is 2. The first-order chi connectivity index (χ1) is 17.4. The van der Waals surface area contributed by atoms with Crippen LogP contribution >= 0.6 is 0 Å². The number of hydrogen-bond donors (Lipinski definition) is 0. The van der Waals surface area contributed by atoms with Gasteiger partial charge in [0, 0.05) is 12.5 Å². The molecule has 0 aliphatic carbocycles. The molecule has 0 bridgehead atoms. The van der Waals surface area contributed by atoms with Crippen molar-refractivity contribution in [2.75, 3.05) is 6.54 Å². The van der Waals surface area contributed by atoms with Crippen molar-refractivity contribution < 1.29 is 8.42 Å². The molecule has 4 aromatic rings. The van der Waals surface area contributed by atoms with E-state index in [9.17, 15) is 8.42 Å². The summed E-state index contributed by atoms with van der Waals surface area (Å²) in [5, 5.41) is 0. The van der Waals surface area contributed by atoms with Crippen molar-refractivity contribution in [1.29, 1.82) is 0 Å². The van der Waals surface area contributed by atoms with Crippen molar-refractivity contribution in [1.82, 2.24) is 4.31 Å². The first-order valence-corrected chi connectivity index (χ1v) is 13.6. The van der Waals surface area contributed by atoms with E-state index in [4.69, 9.17) is 0 Å². The van der Waals surface area contributed by atoms with Gasteiger partial charge in [0.05, 0.1) is 10.6 Å². The fourth-order valence-corrected chi connectivity index (χ4v) is 6.05. The van der Waals surface area contributed by atoms with E-state index in [0.717, 1.165) is 27.8 Å². The van der Waals surface area contributed by atoms with E-state index in [1.165, 1.54) is 5.56 Å². The summed E-state index contributed by atoms with van der Waals surface area (Å²) in [4.78, 5) is 0.292. The zero-order valence-electron chi connectivity index (χ0n) is 20.5. The van der Waals surface area contributed by atoms with Gasteiger partial charge in [-0.1, -0.05) is 114 Å². The molecular weight excluding hydrogens is 462 g/mol. The Morgan fingerprint density at radius 2 is 1.22 bits per heavy atom. The maximum absolute atomic E-state index is 14.2. The van der Waals surface area contributed by atoms with Crippen LogP contribution in [-0.2, 0) is 10.0 Å². The lowest BCUT2D eigenvalue weighted by Crippen LogP contribution is -2.32. The Hall–Kier alpha value is -3.89. The van der Waals surface area contributed by atoms with Crippen molar-refractivity contribution in [3.63, 3.8) is 0 Å². The lowest BCUT2D eigenvalue weighted by atomic mass is 9.94. The monoisotopic (exact) mass is 491 g/mol. The first-order valence-electron chi connectivity index (χ1n) is 12.1. The smallest absolute Gasteiger partial charge is 0.264 e. The van der Waals surface area contributed by atoms with Gasteiger partial charge in [-0.15, -0.1) is 0 Å². The first kappa shape index (κ1) is 23.8. The molecule has 0 radical (unpaired) electrons. The van der Waals surface area contributed by atoms with Gasteiger partial charge < -0.3 is 0 Å². The molecule has 3 nitrogen and oxygen atoms in total. The van der Waals surface area contributed by atoms with E-state index in [2.05, 4.69) is 49.4 Å². The summed E-state index contributed by atoms with van der Waals surface area (Å²) in [7, 11) is -3.82. The van der Waals surface area contributed by atoms with Crippen LogP contribution in [-0.4, -0.2) is 19.3 Å². The minimum atomic E-state index is -3.82. The number of allylic oxidation sites excluding steroid dienone is 2. The fourth-order valence-electron chi connectivity index (χ4n) is 4.54. The summed E-state index contributed by atoms with van der Waals surface area (Å²) in [6.07, 6.45) is 4.22. The third kappa shape index (κ3) is 4.91. The Morgan fingerprint density at radius 1 is 0.667 bits per heavy atom. The Labute approximate surface area is 214 Å². The predicted molar refractivity (Wildman–Crippen MR) is 148 cm³/mol. The van der Waals surface area contributed by atoms with E-state index in [1.807, 2.05) is 73.7 Å². The van der Waals surface area contributed by atoms with E-state index < -0.39 is 10.0 Å². The molecule has 1 aliphatic heterocycles. The van der Waals surface area contributed by atoms with Crippen LogP contribution in [0.25, 0.3) is 11.3 Å². The van der Waals surface area contributed by atoms with Crippen LogP contribution in [0.4, 0.5) is 0 Å². The molecule has 0 unspecified atom stereocenters. The summed E-state index contributed by atoms with van der Waals surface area (Å²) in [5.41, 5.74) is 6.88. The summed E-state index contributed by atoms with van der Waals surface area (Å²) in [6.45, 7) is 4.33. The second-order valence-electron chi connectivity index (χ2n) is 9.25. The molecule has 0 saturated carbocycles. The summed E-state index contributed by atoms with van der Waals surface area (Å²) in [5.74, 6) is -0.125. The molecule has 180 valence electrons. The molecule has 36 heavy (non-hydrogen) atoms. The maximum atomic E-state index is 14.2. The summed E-state index contributed by atoms with van der Waals surface area (Å²) < 4.78 is 29.9. The van der Waals surface area contributed by atoms with Gasteiger partial charge in [0.2, 0.25) is 0 Å². The van der Waals surface area contributed by atoms with Gasteiger partial charge in [-0.3, -0.25) is 4.31 Å². The van der Waals surface area contributed by atoms with Crippen LogP contribution in [0.1, 0.15) is 33.7 Å². The lowest BCUT2D eigenvalue weighted by molar-refractivity contribution is 0.499. The molecule has 0 amide bonds. The third-order valence-electron chi connectivity index (χ3n) is 6.60. The second kappa shape index (κ2) is 10.00. The summed E-state index contributed by atoms with van der Waals surface area (Å²) in [6, 6.07) is 35.4. The molecule has 0 spiro atoms. The molecule has 4 aromatic carbocycles. The van der Waals surface area contributed by atoms with E-state index in [0.29, 0.717) is 17.1 Å². The number of benzene rings is 4. The Morgan fingerprint density at radius 3 is 1.83 bits per heavy atom. The second-order valence-corrected chi connectivity index (χ2v) is 11.1. The Kier molecular flexibility index (Phi) is 6.62. The average Bonchev–Trinajstić information content (AvgIpc) is 3.12. The molecule has 1 heterocycles. The molecule has 5 rings (SSSR count). The van der Waals surface area contributed by atoms with Gasteiger partial charge in [-0.2, -0.15) is 0 Å². The van der Waals surface area contributed by atoms with Crippen LogP contribution in [0.15, 0.2) is 126 Å². The fraction of sp³-hybridized carbons (Fsp3) is 0.125. The van der Waals surface area contributed by atoms with Crippen LogP contribution in [0.2, 0.25) is 0 Å². The molecule has 4 heteroatoms. The zero-order valence-corrected chi connectivity index (χ0v) is 21.3. The average molecular weight is 492 g/mol. The van der Waals surface area contributed by atoms with Crippen molar-refractivity contribution >= 4 is 21.3 Å². The summed E-state index contributed by atoms with van der Waals surface area (Å²) >= 11 is 0. The van der Waals surface area contributed by atoms with Crippen LogP contribution in [0, 0.1) is 13.8 Å². The largest absolute Gasteiger partial charge is 0.265 e. The minimum Gasteiger partial charge on any atom is -0.265 e. The number of nitrogens with zero attached hydrogens (tertiary/aromatic N) is 1. The third-order valence-corrected chi connectivity index (χ3v) is 8.39. The molecule has 1 aliphatic rings. The topological polar surface area (TPSA) is 37.4 Å². The standard InChI is InChI=1S/C32H29NO2S/c1-24-13-17-27(18-14-24)29-21-30(26-9-5-3-6-10-26)23-33(32(22-29)28-11-7-4-8-12-28)36(34,35)31-19-15-25(2)16-20-31/h3-22,30H,23H2,1-2H3/t30-/m1/s1. The molecule has 1 atom stereocenters. The molecular formula is C32H29NO2S. The van der Waals surface area contributed by atoms with Gasteiger partial charge >= 0.3 is 0 Å². The van der Waals surface area contributed by atoms with Crippen LogP contribution in [0.3, 0.4) is 0 Å². The van der Waals surface area contributed by atoms with Crippen molar-refractivity contribution in [2.45, 2.75) is 24.7 Å². The molecule has 0 saturated heterocycles. The van der Waals surface area contributed by atoms with Gasteiger partial charge in [0.15, 0.2) is 0 Å². The molecule has 0 aromatic heterocycles. The normalized spacial score (nSPS) is 16.2. The van der Waals surface area contributed by atoms with Crippen LogP contribution < -0.4 is 0 Å². The number of rotatable bonds is 5. The van der Waals surface area contributed by atoms with Crippen molar-refractivity contribution in [2.24, 2.45) is 0 Å². The Bertz CT molecular complexity index is 1500. The van der Waals surface area contributed by atoms with E-state index in [1.54, 1.807) is 16.4 Å². The van der Waals surface area contributed by atoms with Gasteiger partial charge in [-0.25, -0.2) is 8.42 Å². The zero-order chi connectivity index (χ0) is 25.1. The molecule has 0 fully saturated rings. The highest BCUT2D eigenvalue weighted by Crippen LogP contribution is 2.37. The SMILES string of the molecule is Cc1ccc(C2=C[C@@H](c3ccccc3)CN(S(=O)(=O)c3ccc(C)cc3)C(c3ccccc3)=C2)cc1. The van der Waals surface area contributed by atoms with E-state index in [-0.39, 0.29) is 5.92 Å². The highest BCUT2D eigenvalue weighted by Gasteiger charge is 2.32. The maximum Gasteiger partial charge on any atom is 0.264 e. The van der Waals surface area contributed by atoms with Crippen molar-refractivity contribution in [3.05, 3.63) is 149 Å². The minimum absolute atomic E-state index is 0.125. The van der Waals surface area contributed by atoms with E-state index >= 15 is 0 Å². The predicted octanol–water partition coefficient (Wildman–Crippen LogP) is 7.22. The van der Waals surface area contributed by atoms with Crippen LogP contribution in [0.5, 0.6) is 0 Å². The number of sulfonamides is 1. The highest BCUT2D eigenvalue weighted by atomic mass is 32.2. The molecule has 0 N–H and O–H groups in total. The highest BCUT2D eigenvalue weighted by molar-refractivity contribution is 7.89. The Balaban J connectivity index is 1.73. The van der Waals surface area contributed by atoms with Gasteiger partial charge in [0.1, 0.15) is 0 Å². The van der Waals surface area contributed by atoms with Crippen molar-refractivity contribution in [3.8, 4) is 0 Å². The van der Waals surface area contributed by atoms with Gasteiger partial charge in [-0.05, 0) is 54.3 Å². The van der Waals surface area contributed by atoms with Gasteiger partial charge in [0.25, 0.3) is 10.0 Å². The number of aryl methyl sites for hydroxylation is 2. The quantitative estimate of drug-likeness (QED) is 0.296. The lowest BCUT2D eigenvalue weighted by Gasteiger charge is -2.29.